The first-order chi connectivity index (χ1) is 14.0. The number of pyridine rings is 1. The molecule has 0 aliphatic rings. The van der Waals surface area contributed by atoms with Gasteiger partial charge in [-0.25, -0.2) is 9.78 Å². The van der Waals surface area contributed by atoms with E-state index in [1.165, 1.54) is 0 Å². The topological polar surface area (TPSA) is 67.1 Å². The van der Waals surface area contributed by atoms with Gasteiger partial charge >= 0.3 is 6.09 Å². The normalized spacial score (nSPS) is 12.4. The average molecular weight is 393 g/mol. The van der Waals surface area contributed by atoms with E-state index in [-0.39, 0.29) is 5.75 Å². The number of rotatable bonds is 6. The van der Waals surface area contributed by atoms with Crippen LogP contribution in [0, 0.1) is 13.8 Å². The predicted octanol–water partition coefficient (Wildman–Crippen LogP) is 4.54. The molecule has 3 aromatic rings. The highest BCUT2D eigenvalue weighted by Crippen LogP contribution is 2.32. The van der Waals surface area contributed by atoms with Gasteiger partial charge in [0, 0.05) is 30.5 Å². The molecule has 0 fully saturated rings. The van der Waals surface area contributed by atoms with E-state index in [1.807, 2.05) is 74.7 Å². The van der Waals surface area contributed by atoms with Crippen LogP contribution in [-0.4, -0.2) is 38.6 Å². The van der Waals surface area contributed by atoms with Crippen LogP contribution in [0.25, 0.3) is 11.7 Å². The van der Waals surface area contributed by atoms with Crippen LogP contribution < -0.4 is 4.74 Å². The number of hydrogen-bond donors (Lipinski definition) is 1. The van der Waals surface area contributed by atoms with Crippen LogP contribution in [0.15, 0.2) is 48.7 Å². The molecule has 1 aromatic carbocycles. The molecule has 1 N–H and O–H groups in total. The number of aliphatic hydroxyl groups is 1. The Kier molecular flexibility index (Phi) is 6.34. The number of aromatic nitrogens is 2. The summed E-state index contributed by atoms with van der Waals surface area (Å²) in [7, 11) is 0. The molecule has 2 heterocycles. The highest BCUT2D eigenvalue weighted by Gasteiger charge is 2.22. The zero-order valence-electron chi connectivity index (χ0n) is 17.3. The van der Waals surface area contributed by atoms with Crippen molar-refractivity contribution in [2.75, 3.05) is 13.1 Å². The van der Waals surface area contributed by atoms with Crippen molar-refractivity contribution in [2.45, 2.75) is 33.8 Å². The van der Waals surface area contributed by atoms with Gasteiger partial charge in [-0.1, -0.05) is 42.5 Å². The summed E-state index contributed by atoms with van der Waals surface area (Å²) in [6.07, 6.45) is 3.96. The zero-order valence-corrected chi connectivity index (χ0v) is 17.3. The number of ether oxygens (including phenoxy) is 1. The standard InChI is InChI=1S/C23H27N3O3/c1-5-25(6-2)23(28)29-21-19(14-15-26-17(4)16(3)24-22(21)26)20(27)13-12-18-10-8-7-9-11-18/h7-15,20,27H,5-6H2,1-4H3. The molecular formula is C23H27N3O3. The fourth-order valence-electron chi connectivity index (χ4n) is 3.17. The monoisotopic (exact) mass is 393 g/mol. The second-order valence-corrected chi connectivity index (χ2v) is 6.83. The Bertz CT molecular complexity index is 1020. The third-order valence-electron chi connectivity index (χ3n) is 5.06. The van der Waals surface area contributed by atoms with E-state index >= 15 is 0 Å². The molecule has 0 aliphatic carbocycles. The van der Waals surface area contributed by atoms with E-state index in [1.54, 1.807) is 17.0 Å². The van der Waals surface area contributed by atoms with Crippen molar-refractivity contribution in [3.05, 3.63) is 71.2 Å². The van der Waals surface area contributed by atoms with Crippen LogP contribution in [0.5, 0.6) is 5.75 Å². The Morgan fingerprint density at radius 3 is 2.55 bits per heavy atom. The Labute approximate surface area is 171 Å². The lowest BCUT2D eigenvalue weighted by Crippen LogP contribution is -2.33. The molecule has 0 saturated carbocycles. The molecule has 3 rings (SSSR count). The van der Waals surface area contributed by atoms with Gasteiger partial charge in [-0.15, -0.1) is 0 Å². The number of hydrogen-bond acceptors (Lipinski definition) is 4. The Hall–Kier alpha value is -3.12. The number of aliphatic hydroxyl groups excluding tert-OH is 1. The fraction of sp³-hybridized carbons (Fsp3) is 0.304. The molecule has 29 heavy (non-hydrogen) atoms. The lowest BCUT2D eigenvalue weighted by atomic mass is 10.1. The van der Waals surface area contributed by atoms with Gasteiger partial charge in [0.1, 0.15) is 6.10 Å². The molecule has 0 spiro atoms. The summed E-state index contributed by atoms with van der Waals surface area (Å²) < 4.78 is 7.63. The van der Waals surface area contributed by atoms with Crippen LogP contribution >= 0.6 is 0 Å². The SMILES string of the molecule is CCN(CC)C(=O)Oc1c(C(O)C=Cc2ccccc2)ccn2c(C)c(C)nc12. The van der Waals surface area contributed by atoms with E-state index in [2.05, 4.69) is 4.98 Å². The number of carbonyl (C=O) groups excluding carboxylic acids is 1. The number of aryl methyl sites for hydroxylation is 2. The molecule has 0 bridgehead atoms. The van der Waals surface area contributed by atoms with Crippen molar-refractivity contribution >= 4 is 17.8 Å². The van der Waals surface area contributed by atoms with Crippen molar-refractivity contribution in [3.63, 3.8) is 0 Å². The summed E-state index contributed by atoms with van der Waals surface area (Å²) in [5.74, 6) is 0.283. The molecule has 2 aromatic heterocycles. The van der Waals surface area contributed by atoms with Crippen LogP contribution in [0.1, 0.15) is 42.5 Å². The number of carbonyl (C=O) groups is 1. The van der Waals surface area contributed by atoms with Gasteiger partial charge in [-0.3, -0.25) is 0 Å². The van der Waals surface area contributed by atoms with Gasteiger partial charge in [0.2, 0.25) is 0 Å². The minimum absolute atomic E-state index is 0.283. The first-order valence-electron chi connectivity index (χ1n) is 9.82. The summed E-state index contributed by atoms with van der Waals surface area (Å²) >= 11 is 0. The van der Waals surface area contributed by atoms with E-state index < -0.39 is 12.2 Å². The van der Waals surface area contributed by atoms with Gasteiger partial charge in [-0.2, -0.15) is 0 Å². The van der Waals surface area contributed by atoms with Crippen molar-refractivity contribution in [1.29, 1.82) is 0 Å². The number of amides is 1. The van der Waals surface area contributed by atoms with Crippen LogP contribution in [0.4, 0.5) is 4.79 Å². The Morgan fingerprint density at radius 2 is 1.90 bits per heavy atom. The van der Waals surface area contributed by atoms with Gasteiger partial charge in [-0.05, 0) is 39.3 Å². The summed E-state index contributed by atoms with van der Waals surface area (Å²) in [6.45, 7) is 8.73. The van der Waals surface area contributed by atoms with Crippen molar-refractivity contribution < 1.29 is 14.6 Å². The number of benzene rings is 1. The maximum Gasteiger partial charge on any atom is 0.415 e. The summed E-state index contributed by atoms with van der Waals surface area (Å²) in [5, 5.41) is 10.8. The second kappa shape index (κ2) is 8.92. The van der Waals surface area contributed by atoms with Crippen molar-refractivity contribution in [2.24, 2.45) is 0 Å². The summed E-state index contributed by atoms with van der Waals surface area (Å²) in [6, 6.07) is 11.5. The number of fused-ring (bicyclic) bond motifs is 1. The lowest BCUT2D eigenvalue weighted by Gasteiger charge is -2.20. The first kappa shape index (κ1) is 20.6. The van der Waals surface area contributed by atoms with Crippen LogP contribution in [-0.2, 0) is 0 Å². The number of nitrogens with zero attached hydrogens (tertiary/aromatic N) is 3. The predicted molar refractivity (Wildman–Crippen MR) is 114 cm³/mol. The fourth-order valence-corrected chi connectivity index (χ4v) is 3.17. The van der Waals surface area contributed by atoms with Crippen LogP contribution in [0.3, 0.4) is 0 Å². The lowest BCUT2D eigenvalue weighted by molar-refractivity contribution is 0.155. The largest absolute Gasteiger partial charge is 0.415 e. The van der Waals surface area contributed by atoms with E-state index in [9.17, 15) is 9.90 Å². The minimum Gasteiger partial charge on any atom is -0.406 e. The second-order valence-electron chi connectivity index (χ2n) is 6.83. The smallest absolute Gasteiger partial charge is 0.406 e. The first-order valence-corrected chi connectivity index (χ1v) is 9.82. The quantitative estimate of drug-likeness (QED) is 0.668. The Morgan fingerprint density at radius 1 is 1.21 bits per heavy atom. The van der Waals surface area contributed by atoms with Gasteiger partial charge in [0.05, 0.1) is 5.69 Å². The third kappa shape index (κ3) is 4.32. The maximum atomic E-state index is 12.6. The molecule has 1 atom stereocenters. The molecular weight excluding hydrogens is 366 g/mol. The summed E-state index contributed by atoms with van der Waals surface area (Å²) in [5.41, 5.74) is 3.79. The van der Waals surface area contributed by atoms with Crippen molar-refractivity contribution in [1.82, 2.24) is 14.3 Å². The highest BCUT2D eigenvalue weighted by molar-refractivity contribution is 5.75. The average Bonchev–Trinajstić information content (AvgIpc) is 3.02. The molecule has 1 unspecified atom stereocenters. The molecule has 0 saturated heterocycles. The van der Waals surface area contributed by atoms with E-state index in [4.69, 9.17) is 4.74 Å². The molecule has 0 radical (unpaired) electrons. The van der Waals surface area contributed by atoms with Gasteiger partial charge in [0.25, 0.3) is 0 Å². The Balaban J connectivity index is 2.03. The maximum absolute atomic E-state index is 12.6. The van der Waals surface area contributed by atoms with Gasteiger partial charge < -0.3 is 19.1 Å². The molecule has 0 aliphatic heterocycles. The summed E-state index contributed by atoms with van der Waals surface area (Å²) in [4.78, 5) is 18.8. The molecule has 152 valence electrons. The van der Waals surface area contributed by atoms with Crippen LogP contribution in [0.2, 0.25) is 0 Å². The molecule has 6 heteroatoms. The number of imidazole rings is 1. The highest BCUT2D eigenvalue weighted by atomic mass is 16.6. The van der Waals surface area contributed by atoms with Gasteiger partial charge in [0.15, 0.2) is 11.4 Å². The van der Waals surface area contributed by atoms with E-state index in [0.29, 0.717) is 24.3 Å². The third-order valence-corrected chi connectivity index (χ3v) is 5.06. The minimum atomic E-state index is -0.947. The molecule has 6 nitrogen and oxygen atoms in total. The van der Waals surface area contributed by atoms with E-state index in [0.717, 1.165) is 17.0 Å². The van der Waals surface area contributed by atoms with Crippen molar-refractivity contribution in [3.8, 4) is 5.75 Å². The zero-order chi connectivity index (χ0) is 21.0. The molecule has 1 amide bonds.